The summed E-state index contributed by atoms with van der Waals surface area (Å²) in [7, 11) is 0. The molecule has 2 aromatic carbocycles. The predicted molar refractivity (Wildman–Crippen MR) is 139 cm³/mol. The van der Waals surface area contributed by atoms with E-state index in [0.717, 1.165) is 27.8 Å². The summed E-state index contributed by atoms with van der Waals surface area (Å²) in [6.07, 6.45) is 2.29. The average Bonchev–Trinajstić information content (AvgIpc) is 2.83. The molecule has 34 heavy (non-hydrogen) atoms. The fraction of sp³-hybridized carbons (Fsp3) is 0.267. The number of ether oxygens (including phenoxy) is 2. The molecule has 0 fully saturated rings. The van der Waals surface area contributed by atoms with Gasteiger partial charge in [0.25, 0.3) is 0 Å². The molecule has 4 nitrogen and oxygen atoms in total. The van der Waals surface area contributed by atoms with Crippen molar-refractivity contribution in [2.75, 3.05) is 13.2 Å². The zero-order valence-electron chi connectivity index (χ0n) is 20.3. The number of benzene rings is 2. The first-order valence-corrected chi connectivity index (χ1v) is 11.4. The minimum Gasteiger partial charge on any atom is -0.494 e. The van der Waals surface area contributed by atoms with Gasteiger partial charge >= 0.3 is 5.97 Å². The lowest BCUT2D eigenvalue weighted by atomic mass is 9.89. The van der Waals surface area contributed by atoms with E-state index < -0.39 is 0 Å². The van der Waals surface area contributed by atoms with E-state index in [4.69, 9.17) is 9.47 Å². The van der Waals surface area contributed by atoms with E-state index >= 15 is 0 Å². The number of hydrogen-bond donors (Lipinski definition) is 0. The maximum absolute atomic E-state index is 13.1. The van der Waals surface area contributed by atoms with Crippen LogP contribution in [0.25, 0.3) is 16.7 Å². The van der Waals surface area contributed by atoms with Gasteiger partial charge in [-0.2, -0.15) is 0 Å². The molecule has 2 rings (SSSR count). The van der Waals surface area contributed by atoms with Gasteiger partial charge in [-0.15, -0.1) is 0 Å². The van der Waals surface area contributed by atoms with Gasteiger partial charge in [-0.1, -0.05) is 74.8 Å². The quantitative estimate of drug-likeness (QED) is 0.0742. The molecule has 0 heterocycles. The van der Waals surface area contributed by atoms with Crippen molar-refractivity contribution in [2.24, 2.45) is 0 Å². The van der Waals surface area contributed by atoms with Gasteiger partial charge in [0.15, 0.2) is 5.78 Å². The second-order valence-electron chi connectivity index (χ2n) is 8.29. The first-order chi connectivity index (χ1) is 16.2. The molecule has 0 bridgehead atoms. The third-order valence-electron chi connectivity index (χ3n) is 5.33. The molecule has 4 heteroatoms. The van der Waals surface area contributed by atoms with Crippen molar-refractivity contribution in [3.63, 3.8) is 0 Å². The molecule has 0 radical (unpaired) electrons. The van der Waals surface area contributed by atoms with Crippen molar-refractivity contribution >= 4 is 17.3 Å². The van der Waals surface area contributed by atoms with E-state index in [2.05, 4.69) is 26.3 Å². The summed E-state index contributed by atoms with van der Waals surface area (Å²) in [5.41, 5.74) is 5.59. The molecule has 0 saturated carbocycles. The predicted octanol–water partition coefficient (Wildman–Crippen LogP) is 7.34. The standard InChI is InChI=1S/C30H34O4/c1-21(2)24(6)33-19-12-18-29(31)28-17-10-9-16-27(28)26-15-8-7-14-25(26)23(5)13-11-20-34-30(32)22(3)4/h7-10,14-17H,1,3,5-6,11-13,18-20H2,2,4H3. The molecule has 0 saturated heterocycles. The van der Waals surface area contributed by atoms with Crippen molar-refractivity contribution in [1.82, 2.24) is 0 Å². The van der Waals surface area contributed by atoms with Crippen molar-refractivity contribution in [2.45, 2.75) is 39.5 Å². The Hall–Kier alpha value is -3.66. The Morgan fingerprint density at radius 1 is 0.706 bits per heavy atom. The third-order valence-corrected chi connectivity index (χ3v) is 5.33. The molecule has 0 aliphatic carbocycles. The van der Waals surface area contributed by atoms with Gasteiger partial charge in [0, 0.05) is 17.6 Å². The van der Waals surface area contributed by atoms with Crippen LogP contribution < -0.4 is 0 Å². The summed E-state index contributed by atoms with van der Waals surface area (Å²) >= 11 is 0. The van der Waals surface area contributed by atoms with Crippen molar-refractivity contribution in [3.05, 3.63) is 103 Å². The Morgan fingerprint density at radius 2 is 1.24 bits per heavy atom. The molecule has 2 aromatic rings. The Labute approximate surface area is 203 Å². The summed E-state index contributed by atoms with van der Waals surface area (Å²) in [6, 6.07) is 15.6. The first kappa shape index (κ1) is 26.6. The van der Waals surface area contributed by atoms with E-state index in [-0.39, 0.29) is 11.8 Å². The van der Waals surface area contributed by atoms with Gasteiger partial charge in [0.2, 0.25) is 0 Å². The van der Waals surface area contributed by atoms with E-state index in [1.807, 2.05) is 55.5 Å². The molecule has 0 N–H and O–H groups in total. The van der Waals surface area contributed by atoms with Crippen LogP contribution in [0.4, 0.5) is 0 Å². The fourth-order valence-corrected chi connectivity index (χ4v) is 3.38. The fourth-order valence-electron chi connectivity index (χ4n) is 3.38. The normalized spacial score (nSPS) is 10.3. The van der Waals surface area contributed by atoms with Gasteiger partial charge in [0.1, 0.15) is 5.76 Å². The lowest BCUT2D eigenvalue weighted by Crippen LogP contribution is -2.06. The maximum atomic E-state index is 13.1. The molecule has 0 unspecified atom stereocenters. The second kappa shape index (κ2) is 13.1. The molecule has 0 atom stereocenters. The molecule has 0 spiro atoms. The zero-order valence-corrected chi connectivity index (χ0v) is 20.3. The highest BCUT2D eigenvalue weighted by Crippen LogP contribution is 2.33. The van der Waals surface area contributed by atoms with Crippen LogP contribution in [0.15, 0.2) is 91.8 Å². The van der Waals surface area contributed by atoms with Crippen LogP contribution in [0.3, 0.4) is 0 Å². The molecular formula is C30H34O4. The van der Waals surface area contributed by atoms with E-state index in [1.54, 1.807) is 6.92 Å². The van der Waals surface area contributed by atoms with E-state index in [9.17, 15) is 9.59 Å². The number of hydrogen-bond acceptors (Lipinski definition) is 4. The Balaban J connectivity index is 2.10. The van der Waals surface area contributed by atoms with E-state index in [0.29, 0.717) is 55.8 Å². The van der Waals surface area contributed by atoms with Gasteiger partial charge in [-0.25, -0.2) is 4.79 Å². The maximum Gasteiger partial charge on any atom is 0.333 e. The number of esters is 1. The van der Waals surface area contributed by atoms with Crippen LogP contribution in [-0.4, -0.2) is 25.0 Å². The van der Waals surface area contributed by atoms with Crippen molar-refractivity contribution < 1.29 is 19.1 Å². The number of ketones is 1. The van der Waals surface area contributed by atoms with Crippen LogP contribution >= 0.6 is 0 Å². The Kier molecular flexibility index (Phi) is 10.3. The Morgan fingerprint density at radius 3 is 1.85 bits per heavy atom. The average molecular weight is 459 g/mol. The zero-order chi connectivity index (χ0) is 25.1. The summed E-state index contributed by atoms with van der Waals surface area (Å²) < 4.78 is 10.7. The lowest BCUT2D eigenvalue weighted by Gasteiger charge is -2.15. The molecule has 178 valence electrons. The van der Waals surface area contributed by atoms with Gasteiger partial charge in [-0.3, -0.25) is 4.79 Å². The largest absolute Gasteiger partial charge is 0.494 e. The number of carbonyl (C=O) groups is 2. The third kappa shape index (κ3) is 7.73. The van der Waals surface area contributed by atoms with Crippen LogP contribution in [0, 0.1) is 0 Å². The highest BCUT2D eigenvalue weighted by Gasteiger charge is 2.16. The van der Waals surface area contributed by atoms with Crippen LogP contribution in [-0.2, 0) is 14.3 Å². The second-order valence-corrected chi connectivity index (χ2v) is 8.29. The van der Waals surface area contributed by atoms with Crippen LogP contribution in [0.2, 0.25) is 0 Å². The highest BCUT2D eigenvalue weighted by atomic mass is 16.5. The summed E-state index contributed by atoms with van der Waals surface area (Å²) in [5, 5.41) is 0. The Bertz CT molecular complexity index is 1000. The van der Waals surface area contributed by atoms with Crippen molar-refractivity contribution in [1.29, 1.82) is 0 Å². The lowest BCUT2D eigenvalue weighted by molar-refractivity contribution is -0.139. The smallest absolute Gasteiger partial charge is 0.333 e. The monoisotopic (exact) mass is 458 g/mol. The van der Waals surface area contributed by atoms with Crippen LogP contribution in [0.5, 0.6) is 0 Å². The summed E-state index contributed by atoms with van der Waals surface area (Å²) in [5.74, 6) is 0.231. The van der Waals surface area contributed by atoms with Gasteiger partial charge < -0.3 is 9.47 Å². The SMILES string of the molecule is C=C(C)C(=C)OCCCC(=O)c1ccccc1-c1ccccc1C(=C)CCCOC(=O)C(=C)C. The highest BCUT2D eigenvalue weighted by molar-refractivity contribution is 6.03. The first-order valence-electron chi connectivity index (χ1n) is 11.4. The number of carbonyl (C=O) groups excluding carboxylic acids is 2. The topological polar surface area (TPSA) is 52.6 Å². The number of Topliss-reactive ketones (excluding diaryl/α,β-unsaturated/α-hetero) is 1. The minimum absolute atomic E-state index is 0.0623. The van der Waals surface area contributed by atoms with Gasteiger partial charge in [-0.05, 0) is 60.9 Å². The van der Waals surface area contributed by atoms with Crippen LogP contribution in [0.1, 0.15) is 55.5 Å². The minimum atomic E-state index is -0.382. The molecule has 0 aromatic heterocycles. The number of rotatable bonds is 14. The van der Waals surface area contributed by atoms with E-state index in [1.165, 1.54) is 0 Å². The summed E-state index contributed by atoms with van der Waals surface area (Å²) in [4.78, 5) is 24.6. The van der Waals surface area contributed by atoms with Gasteiger partial charge in [0.05, 0.1) is 13.2 Å². The molecule has 0 amide bonds. The number of allylic oxidation sites excluding steroid dienone is 2. The van der Waals surface area contributed by atoms with Crippen molar-refractivity contribution in [3.8, 4) is 11.1 Å². The molecule has 0 aliphatic rings. The molecular weight excluding hydrogens is 424 g/mol. The summed E-state index contributed by atoms with van der Waals surface area (Å²) in [6.45, 7) is 19.6. The molecule has 0 aliphatic heterocycles.